The first-order valence-corrected chi connectivity index (χ1v) is 6.62. The Morgan fingerprint density at radius 3 is 2.76 bits per heavy atom. The van der Waals surface area contributed by atoms with Crippen LogP contribution in [0.25, 0.3) is 5.76 Å². The number of benzene rings is 1. The van der Waals surface area contributed by atoms with Crippen molar-refractivity contribution in [3.63, 3.8) is 0 Å². The highest BCUT2D eigenvalue weighted by molar-refractivity contribution is 6.15. The van der Waals surface area contributed by atoms with E-state index < -0.39 is 23.4 Å². The van der Waals surface area contributed by atoms with Gasteiger partial charge >= 0.3 is 5.97 Å². The Hall–Kier alpha value is -2.24. The minimum atomic E-state index is -0.964. The number of ether oxygens (including phenoxy) is 1. The van der Waals surface area contributed by atoms with Crippen molar-refractivity contribution < 1.29 is 23.4 Å². The van der Waals surface area contributed by atoms with Crippen LogP contribution in [0.2, 0.25) is 0 Å². The lowest BCUT2D eigenvalue weighted by molar-refractivity contribution is -0.137. The van der Waals surface area contributed by atoms with Crippen LogP contribution < -0.4 is 0 Å². The van der Waals surface area contributed by atoms with Gasteiger partial charge < -0.3 is 9.84 Å². The molecular formula is C15H15F2NO3. The van der Waals surface area contributed by atoms with Crippen molar-refractivity contribution in [2.75, 3.05) is 6.61 Å². The van der Waals surface area contributed by atoms with E-state index in [1.807, 2.05) is 0 Å². The van der Waals surface area contributed by atoms with Crippen LogP contribution in [0, 0.1) is 11.6 Å². The topological polar surface area (TPSA) is 58.9 Å². The molecular weight excluding hydrogens is 280 g/mol. The molecule has 2 rings (SSSR count). The molecule has 112 valence electrons. The summed E-state index contributed by atoms with van der Waals surface area (Å²) in [6, 6.07) is 2.81. The van der Waals surface area contributed by atoms with Crippen LogP contribution in [0.4, 0.5) is 8.78 Å². The zero-order valence-corrected chi connectivity index (χ0v) is 11.5. The van der Waals surface area contributed by atoms with Crippen molar-refractivity contribution in [2.45, 2.75) is 25.8 Å². The van der Waals surface area contributed by atoms with Crippen molar-refractivity contribution >= 4 is 17.9 Å². The second-order valence-electron chi connectivity index (χ2n) is 4.62. The molecule has 0 spiro atoms. The zero-order valence-electron chi connectivity index (χ0n) is 11.5. The number of esters is 1. The molecule has 0 bridgehead atoms. The third-order valence-electron chi connectivity index (χ3n) is 2.90. The lowest BCUT2D eigenvalue weighted by Gasteiger charge is -2.07. The normalized spacial score (nSPS) is 16.0. The number of carbonyl (C=O) groups excluding carboxylic acids is 1. The average Bonchev–Trinajstić information content (AvgIpc) is 3.23. The monoisotopic (exact) mass is 295 g/mol. The lowest BCUT2D eigenvalue weighted by Crippen LogP contribution is -2.12. The van der Waals surface area contributed by atoms with Gasteiger partial charge in [0, 0.05) is 12.3 Å². The SMILES string of the molecule is CCOC(=O)C(C=NC1CC1)=C(O)c1ccc(F)cc1F. The number of nitrogens with zero attached hydrogens (tertiary/aromatic N) is 1. The Morgan fingerprint density at radius 2 is 2.19 bits per heavy atom. The van der Waals surface area contributed by atoms with Gasteiger partial charge in [0.1, 0.15) is 23.0 Å². The Bertz CT molecular complexity index is 607. The van der Waals surface area contributed by atoms with Gasteiger partial charge in [-0.3, -0.25) is 4.99 Å². The fourth-order valence-electron chi connectivity index (χ4n) is 1.65. The van der Waals surface area contributed by atoms with Gasteiger partial charge in [-0.25, -0.2) is 13.6 Å². The molecule has 6 heteroatoms. The molecule has 0 heterocycles. The van der Waals surface area contributed by atoms with E-state index in [0.717, 1.165) is 25.0 Å². The molecule has 1 fully saturated rings. The Labute approximate surface area is 120 Å². The molecule has 0 unspecified atom stereocenters. The van der Waals surface area contributed by atoms with Crippen molar-refractivity contribution in [2.24, 2.45) is 4.99 Å². The molecule has 0 saturated heterocycles. The summed E-state index contributed by atoms with van der Waals surface area (Å²) >= 11 is 0. The van der Waals surface area contributed by atoms with Crippen LogP contribution in [0.15, 0.2) is 28.8 Å². The van der Waals surface area contributed by atoms with Gasteiger partial charge in [0.25, 0.3) is 0 Å². The summed E-state index contributed by atoms with van der Waals surface area (Å²) in [6.45, 7) is 1.72. The second kappa shape index (κ2) is 6.47. The maximum Gasteiger partial charge on any atom is 0.343 e. The van der Waals surface area contributed by atoms with E-state index in [0.29, 0.717) is 6.07 Å². The molecule has 21 heavy (non-hydrogen) atoms. The van der Waals surface area contributed by atoms with Crippen molar-refractivity contribution in [3.8, 4) is 0 Å². The maximum absolute atomic E-state index is 13.7. The van der Waals surface area contributed by atoms with Crippen molar-refractivity contribution in [1.29, 1.82) is 0 Å². The largest absolute Gasteiger partial charge is 0.506 e. The van der Waals surface area contributed by atoms with Gasteiger partial charge in [-0.15, -0.1) is 0 Å². The average molecular weight is 295 g/mol. The fourth-order valence-corrected chi connectivity index (χ4v) is 1.65. The molecule has 4 nitrogen and oxygen atoms in total. The van der Waals surface area contributed by atoms with Crippen molar-refractivity contribution in [3.05, 3.63) is 41.0 Å². The number of aliphatic hydroxyl groups is 1. The molecule has 0 aromatic heterocycles. The summed E-state index contributed by atoms with van der Waals surface area (Å²) in [4.78, 5) is 15.9. The molecule has 1 aromatic rings. The number of carbonyl (C=O) groups is 1. The summed E-state index contributed by atoms with van der Waals surface area (Å²) < 4.78 is 31.4. The quantitative estimate of drug-likeness (QED) is 0.393. The molecule has 0 radical (unpaired) electrons. The van der Waals surface area contributed by atoms with E-state index >= 15 is 0 Å². The van der Waals surface area contributed by atoms with Gasteiger partial charge in [-0.2, -0.15) is 0 Å². The number of halogens is 2. The summed E-state index contributed by atoms with van der Waals surface area (Å²) in [5.41, 5.74) is -0.518. The smallest absolute Gasteiger partial charge is 0.343 e. The van der Waals surface area contributed by atoms with E-state index in [1.54, 1.807) is 6.92 Å². The Kier molecular flexibility index (Phi) is 4.67. The minimum absolute atomic E-state index is 0.110. The summed E-state index contributed by atoms with van der Waals surface area (Å²) in [6.07, 6.45) is 3.02. The van der Waals surface area contributed by atoms with Crippen molar-refractivity contribution in [1.82, 2.24) is 0 Å². The molecule has 0 aliphatic heterocycles. The molecule has 1 aliphatic carbocycles. The van der Waals surface area contributed by atoms with E-state index in [4.69, 9.17) is 4.74 Å². The second-order valence-corrected chi connectivity index (χ2v) is 4.62. The predicted molar refractivity (Wildman–Crippen MR) is 74.1 cm³/mol. The number of aliphatic imine (C=N–C) groups is 1. The third kappa shape index (κ3) is 3.87. The Morgan fingerprint density at radius 1 is 1.48 bits per heavy atom. The molecule has 1 aliphatic rings. The van der Waals surface area contributed by atoms with E-state index in [-0.39, 0.29) is 23.8 Å². The summed E-state index contributed by atoms with van der Waals surface area (Å²) in [7, 11) is 0. The first-order valence-electron chi connectivity index (χ1n) is 6.62. The standard InChI is InChI=1S/C15H15F2NO3/c1-2-21-15(20)12(8-18-10-4-5-10)14(19)11-6-3-9(16)7-13(11)17/h3,6-8,10,19H,2,4-5H2,1H3. The van der Waals surface area contributed by atoms with Gasteiger partial charge in [-0.1, -0.05) is 0 Å². The highest BCUT2D eigenvalue weighted by Crippen LogP contribution is 2.25. The van der Waals surface area contributed by atoms with E-state index in [2.05, 4.69) is 4.99 Å². The lowest BCUT2D eigenvalue weighted by atomic mass is 10.1. The minimum Gasteiger partial charge on any atom is -0.506 e. The molecule has 1 N–H and O–H groups in total. The van der Waals surface area contributed by atoms with Crippen LogP contribution in [0.5, 0.6) is 0 Å². The Balaban J connectivity index is 2.41. The van der Waals surface area contributed by atoms with Gasteiger partial charge in [0.15, 0.2) is 0 Å². The first kappa shape index (κ1) is 15.2. The highest BCUT2D eigenvalue weighted by atomic mass is 19.1. The maximum atomic E-state index is 13.7. The fraction of sp³-hybridized carbons (Fsp3) is 0.333. The predicted octanol–water partition coefficient (Wildman–Crippen LogP) is 3.03. The third-order valence-corrected chi connectivity index (χ3v) is 2.90. The summed E-state index contributed by atoms with van der Waals surface area (Å²) in [5, 5.41) is 10.1. The van der Waals surface area contributed by atoms with Gasteiger partial charge in [0.2, 0.25) is 0 Å². The van der Waals surface area contributed by atoms with Crippen LogP contribution in [0.1, 0.15) is 25.3 Å². The summed E-state index contributed by atoms with van der Waals surface area (Å²) in [5.74, 6) is -3.15. The number of aliphatic hydroxyl groups excluding tert-OH is 1. The molecule has 1 saturated carbocycles. The van der Waals surface area contributed by atoms with E-state index in [1.165, 1.54) is 6.21 Å². The molecule has 0 atom stereocenters. The van der Waals surface area contributed by atoms with Crippen LogP contribution >= 0.6 is 0 Å². The van der Waals surface area contributed by atoms with Gasteiger partial charge in [0.05, 0.1) is 18.2 Å². The number of rotatable bonds is 5. The molecule has 0 amide bonds. The molecule has 1 aromatic carbocycles. The van der Waals surface area contributed by atoms with Crippen LogP contribution in [-0.4, -0.2) is 29.9 Å². The van der Waals surface area contributed by atoms with Gasteiger partial charge in [-0.05, 0) is 31.9 Å². The first-order chi connectivity index (χ1) is 10.0. The van der Waals surface area contributed by atoms with E-state index in [9.17, 15) is 18.7 Å². The zero-order chi connectivity index (χ0) is 15.4. The highest BCUT2D eigenvalue weighted by Gasteiger charge is 2.22. The number of hydrogen-bond donors (Lipinski definition) is 1. The van der Waals surface area contributed by atoms with Crippen LogP contribution in [-0.2, 0) is 9.53 Å². The number of hydrogen-bond acceptors (Lipinski definition) is 4. The van der Waals surface area contributed by atoms with Crippen LogP contribution in [0.3, 0.4) is 0 Å².